The van der Waals surface area contributed by atoms with Gasteiger partial charge in [-0.1, -0.05) is 36.7 Å². The van der Waals surface area contributed by atoms with E-state index in [1.54, 1.807) is 7.11 Å². The quantitative estimate of drug-likeness (QED) is 0.663. The number of aryl methyl sites for hydroxylation is 1. The lowest BCUT2D eigenvalue weighted by molar-refractivity contribution is 0.366. The summed E-state index contributed by atoms with van der Waals surface area (Å²) in [7, 11) is 1.70. The van der Waals surface area contributed by atoms with Gasteiger partial charge in [-0.05, 0) is 36.5 Å². The van der Waals surface area contributed by atoms with Crippen molar-refractivity contribution in [3.63, 3.8) is 0 Å². The van der Waals surface area contributed by atoms with Gasteiger partial charge in [0.1, 0.15) is 5.75 Å². The Morgan fingerprint density at radius 1 is 1.29 bits per heavy atom. The average Bonchev–Trinajstić information content (AvgIpc) is 2.20. The normalized spacial score (nSPS) is 13.6. The maximum absolute atomic E-state index is 6.61. The molecule has 0 saturated heterocycles. The maximum atomic E-state index is 6.61. The van der Waals surface area contributed by atoms with Crippen molar-refractivity contribution in [1.29, 1.82) is 0 Å². The lowest BCUT2D eigenvalue weighted by Crippen LogP contribution is -2.16. The fraction of sp³-hybridized carbons (Fsp3) is 0.571. The second kappa shape index (κ2) is 5.19. The molecule has 0 aliphatic rings. The first-order valence-corrected chi connectivity index (χ1v) is 6.90. The number of benzene rings is 1. The summed E-state index contributed by atoms with van der Waals surface area (Å²) in [4.78, 5) is 0. The van der Waals surface area contributed by atoms with Crippen LogP contribution < -0.4 is 4.74 Å². The Labute approximate surface area is 118 Å². The summed E-state index contributed by atoms with van der Waals surface area (Å²) in [6, 6.07) is 2.07. The van der Waals surface area contributed by atoms with E-state index in [0.717, 1.165) is 26.9 Å². The molecule has 1 aromatic carbocycles. The van der Waals surface area contributed by atoms with Gasteiger partial charge in [-0.2, -0.15) is 0 Å². The van der Waals surface area contributed by atoms with E-state index in [1.165, 1.54) is 0 Å². The fourth-order valence-electron chi connectivity index (χ4n) is 1.88. The van der Waals surface area contributed by atoms with Crippen LogP contribution in [0.3, 0.4) is 0 Å². The van der Waals surface area contributed by atoms with E-state index in [9.17, 15) is 0 Å². The van der Waals surface area contributed by atoms with Gasteiger partial charge in [-0.25, -0.2) is 0 Å². The Kier molecular flexibility index (Phi) is 4.54. The van der Waals surface area contributed by atoms with Crippen LogP contribution in [0.25, 0.3) is 0 Å². The fourth-order valence-corrected chi connectivity index (χ4v) is 2.70. The molecule has 0 heterocycles. The Hall–Kier alpha value is -0.210. The van der Waals surface area contributed by atoms with Crippen LogP contribution in [0.2, 0.25) is 0 Å². The number of methoxy groups -OCH3 is 1. The molecule has 3 heteroatoms. The van der Waals surface area contributed by atoms with Crippen molar-refractivity contribution in [2.45, 2.75) is 40.0 Å². The van der Waals surface area contributed by atoms with Crippen LogP contribution in [-0.4, -0.2) is 7.11 Å². The molecule has 0 amide bonds. The topological polar surface area (TPSA) is 9.23 Å². The molecule has 0 spiro atoms. The molecule has 0 bridgehead atoms. The molecule has 96 valence electrons. The summed E-state index contributed by atoms with van der Waals surface area (Å²) in [5, 5.41) is -0.0753. The number of rotatable bonds is 2. The van der Waals surface area contributed by atoms with E-state index in [2.05, 4.69) is 49.7 Å². The predicted molar refractivity (Wildman–Crippen MR) is 78.2 cm³/mol. The van der Waals surface area contributed by atoms with Crippen LogP contribution in [0, 0.1) is 19.3 Å². The number of halogens is 2. The molecule has 0 N–H and O–H groups in total. The Bertz CT molecular complexity index is 421. The van der Waals surface area contributed by atoms with E-state index in [0.29, 0.717) is 0 Å². The highest BCUT2D eigenvalue weighted by atomic mass is 79.9. The SMILES string of the molecule is COc1c(C)cc(Br)c(C)c1C(Cl)C(C)(C)C. The zero-order valence-corrected chi connectivity index (χ0v) is 13.7. The summed E-state index contributed by atoms with van der Waals surface area (Å²) >= 11 is 10.2. The summed E-state index contributed by atoms with van der Waals surface area (Å²) < 4.78 is 6.61. The molecule has 17 heavy (non-hydrogen) atoms. The Balaban J connectivity index is 3.50. The van der Waals surface area contributed by atoms with Gasteiger partial charge in [0.05, 0.1) is 12.5 Å². The molecule has 1 rings (SSSR count). The lowest BCUT2D eigenvalue weighted by Gasteiger charge is -2.29. The molecule has 0 radical (unpaired) electrons. The third kappa shape index (κ3) is 2.97. The third-order valence-electron chi connectivity index (χ3n) is 2.93. The van der Waals surface area contributed by atoms with Gasteiger partial charge in [0.15, 0.2) is 0 Å². The van der Waals surface area contributed by atoms with Crippen molar-refractivity contribution in [1.82, 2.24) is 0 Å². The molecule has 0 saturated carbocycles. The minimum Gasteiger partial charge on any atom is -0.496 e. The van der Waals surface area contributed by atoms with Crippen LogP contribution in [0.15, 0.2) is 10.5 Å². The first kappa shape index (κ1) is 14.8. The highest BCUT2D eigenvalue weighted by Crippen LogP contribution is 2.46. The van der Waals surface area contributed by atoms with Crippen LogP contribution in [0.1, 0.15) is 42.8 Å². The van der Waals surface area contributed by atoms with Gasteiger partial charge in [0.2, 0.25) is 0 Å². The molecule has 1 atom stereocenters. The van der Waals surface area contributed by atoms with Crippen LogP contribution >= 0.6 is 27.5 Å². The van der Waals surface area contributed by atoms with E-state index >= 15 is 0 Å². The summed E-state index contributed by atoms with van der Waals surface area (Å²) in [5.41, 5.74) is 3.35. The molecular weight excluding hydrogens is 300 g/mol. The van der Waals surface area contributed by atoms with Crippen molar-refractivity contribution >= 4 is 27.5 Å². The average molecular weight is 320 g/mol. The zero-order valence-electron chi connectivity index (χ0n) is 11.3. The standard InChI is InChI=1S/C14H20BrClO/c1-8-7-10(15)9(2)11(12(8)17-6)13(16)14(3,4)5/h7,13H,1-6H3. The van der Waals surface area contributed by atoms with E-state index in [-0.39, 0.29) is 10.8 Å². The summed E-state index contributed by atoms with van der Waals surface area (Å²) in [6.45, 7) is 10.5. The number of alkyl halides is 1. The van der Waals surface area contributed by atoms with Crippen molar-refractivity contribution in [3.05, 3.63) is 27.2 Å². The van der Waals surface area contributed by atoms with E-state index in [4.69, 9.17) is 16.3 Å². The predicted octanol–water partition coefficient (Wildman–Crippen LogP) is 5.40. The third-order valence-corrected chi connectivity index (χ3v) is 4.62. The van der Waals surface area contributed by atoms with E-state index < -0.39 is 0 Å². The van der Waals surface area contributed by atoms with Crippen molar-refractivity contribution < 1.29 is 4.74 Å². The molecule has 1 aromatic rings. The van der Waals surface area contributed by atoms with Gasteiger partial charge in [-0.3, -0.25) is 0 Å². The van der Waals surface area contributed by atoms with Crippen LogP contribution in [0.5, 0.6) is 5.75 Å². The molecule has 0 aromatic heterocycles. The maximum Gasteiger partial charge on any atom is 0.126 e. The minimum atomic E-state index is -0.0753. The second-order valence-electron chi connectivity index (χ2n) is 5.48. The number of hydrogen-bond acceptors (Lipinski definition) is 1. The van der Waals surface area contributed by atoms with Crippen LogP contribution in [-0.2, 0) is 0 Å². The van der Waals surface area contributed by atoms with Gasteiger partial charge in [0.25, 0.3) is 0 Å². The molecule has 1 nitrogen and oxygen atoms in total. The Morgan fingerprint density at radius 3 is 2.24 bits per heavy atom. The van der Waals surface area contributed by atoms with Gasteiger partial charge in [0, 0.05) is 10.0 Å². The molecule has 0 fully saturated rings. The van der Waals surface area contributed by atoms with Gasteiger partial charge >= 0.3 is 0 Å². The molecule has 1 unspecified atom stereocenters. The smallest absolute Gasteiger partial charge is 0.126 e. The number of hydrogen-bond donors (Lipinski definition) is 0. The van der Waals surface area contributed by atoms with Crippen molar-refractivity contribution in [2.75, 3.05) is 7.11 Å². The van der Waals surface area contributed by atoms with Crippen molar-refractivity contribution in [2.24, 2.45) is 5.41 Å². The molecule has 0 aliphatic carbocycles. The van der Waals surface area contributed by atoms with E-state index in [1.807, 2.05) is 6.92 Å². The summed E-state index contributed by atoms with van der Waals surface area (Å²) in [6.07, 6.45) is 0. The van der Waals surface area contributed by atoms with Crippen LogP contribution in [0.4, 0.5) is 0 Å². The second-order valence-corrected chi connectivity index (χ2v) is 6.77. The highest BCUT2D eigenvalue weighted by Gasteiger charge is 2.29. The summed E-state index contributed by atoms with van der Waals surface area (Å²) in [5.74, 6) is 0.903. The minimum absolute atomic E-state index is 0.00711. The molecule has 0 aliphatic heterocycles. The lowest BCUT2D eigenvalue weighted by atomic mass is 9.84. The Morgan fingerprint density at radius 2 is 1.82 bits per heavy atom. The zero-order chi connectivity index (χ0) is 13.4. The van der Waals surface area contributed by atoms with Crippen molar-refractivity contribution in [3.8, 4) is 5.75 Å². The first-order valence-electron chi connectivity index (χ1n) is 5.67. The largest absolute Gasteiger partial charge is 0.496 e. The highest BCUT2D eigenvalue weighted by molar-refractivity contribution is 9.10. The van der Waals surface area contributed by atoms with Gasteiger partial charge < -0.3 is 4.74 Å². The number of ether oxygens (including phenoxy) is 1. The van der Waals surface area contributed by atoms with Gasteiger partial charge in [-0.15, -0.1) is 11.6 Å². The monoisotopic (exact) mass is 318 g/mol. The molecular formula is C14H20BrClO. The first-order chi connectivity index (χ1) is 7.70.